The summed E-state index contributed by atoms with van der Waals surface area (Å²) in [6, 6.07) is 16.1. The third kappa shape index (κ3) is 5.70. The van der Waals surface area contributed by atoms with E-state index in [1.807, 2.05) is 19.1 Å². The number of ether oxygens (including phenoxy) is 1. The van der Waals surface area contributed by atoms with Gasteiger partial charge in [-0.05, 0) is 97.0 Å². The van der Waals surface area contributed by atoms with E-state index in [1.54, 1.807) is 24.3 Å². The number of carbonyl (C=O) groups is 3. The Labute approximate surface area is 232 Å². The molecular formula is C28H24BrIN2O4. The van der Waals surface area contributed by atoms with Crippen molar-refractivity contribution >= 4 is 68.1 Å². The summed E-state index contributed by atoms with van der Waals surface area (Å²) in [5, 5.41) is 2.27. The van der Waals surface area contributed by atoms with Crippen LogP contribution in [-0.2, 0) is 16.0 Å². The van der Waals surface area contributed by atoms with Gasteiger partial charge in [0.1, 0.15) is 11.3 Å². The third-order valence-electron chi connectivity index (χ3n) is 5.64. The zero-order valence-electron chi connectivity index (χ0n) is 20.0. The van der Waals surface area contributed by atoms with E-state index in [2.05, 4.69) is 75.9 Å². The average Bonchev–Trinajstić information content (AvgIpc) is 2.79. The van der Waals surface area contributed by atoms with Gasteiger partial charge in [0.05, 0.1) is 12.3 Å². The Hall–Kier alpha value is -2.98. The summed E-state index contributed by atoms with van der Waals surface area (Å²) in [6.07, 6.45) is 2.19. The van der Waals surface area contributed by atoms with Crippen LogP contribution in [-0.4, -0.2) is 24.5 Å². The van der Waals surface area contributed by atoms with Crippen molar-refractivity contribution in [2.24, 2.45) is 0 Å². The van der Waals surface area contributed by atoms with Crippen LogP contribution in [0.3, 0.4) is 0 Å². The fourth-order valence-electron chi connectivity index (χ4n) is 4.19. The summed E-state index contributed by atoms with van der Waals surface area (Å²) in [5.41, 5.74) is 5.50. The number of hydrogen-bond donors (Lipinski definition) is 1. The number of nitrogens with zero attached hydrogens (tertiary/aromatic N) is 1. The number of rotatable bonds is 6. The van der Waals surface area contributed by atoms with Crippen LogP contribution in [0.4, 0.5) is 10.5 Å². The third-order valence-corrected chi connectivity index (χ3v) is 7.13. The molecule has 0 aromatic heterocycles. The van der Waals surface area contributed by atoms with Gasteiger partial charge < -0.3 is 4.74 Å². The van der Waals surface area contributed by atoms with Gasteiger partial charge >= 0.3 is 6.03 Å². The van der Waals surface area contributed by atoms with Crippen LogP contribution in [0.1, 0.15) is 34.7 Å². The Morgan fingerprint density at radius 3 is 2.31 bits per heavy atom. The second-order valence-electron chi connectivity index (χ2n) is 8.52. The molecule has 0 spiro atoms. The maximum Gasteiger partial charge on any atom is 0.335 e. The van der Waals surface area contributed by atoms with Gasteiger partial charge in [0.2, 0.25) is 0 Å². The SMILES string of the molecule is CCOc1cc(/C=C2\C(=O)NC(=O)N(c3ccc(Br)cc3)C2=O)cc(I)c1Cc1cc(C)cc(C)c1. The molecule has 3 aromatic rings. The fraction of sp³-hybridized carbons (Fsp3) is 0.179. The van der Waals surface area contributed by atoms with Crippen molar-refractivity contribution in [3.63, 3.8) is 0 Å². The smallest absolute Gasteiger partial charge is 0.335 e. The van der Waals surface area contributed by atoms with Gasteiger partial charge in [0.15, 0.2) is 0 Å². The van der Waals surface area contributed by atoms with Crippen molar-refractivity contribution in [2.75, 3.05) is 11.5 Å². The van der Waals surface area contributed by atoms with Crippen LogP contribution in [0, 0.1) is 17.4 Å². The van der Waals surface area contributed by atoms with Crippen molar-refractivity contribution < 1.29 is 19.1 Å². The van der Waals surface area contributed by atoms with Crippen molar-refractivity contribution in [1.82, 2.24) is 5.32 Å². The van der Waals surface area contributed by atoms with E-state index in [-0.39, 0.29) is 5.57 Å². The Morgan fingerprint density at radius 2 is 1.67 bits per heavy atom. The van der Waals surface area contributed by atoms with Gasteiger partial charge in [-0.2, -0.15) is 0 Å². The largest absolute Gasteiger partial charge is 0.494 e. The van der Waals surface area contributed by atoms with Crippen molar-refractivity contribution in [3.8, 4) is 5.75 Å². The second kappa shape index (κ2) is 11.0. The predicted octanol–water partition coefficient (Wildman–Crippen LogP) is 6.33. The summed E-state index contributed by atoms with van der Waals surface area (Å²) in [4.78, 5) is 39.3. The van der Waals surface area contributed by atoms with Crippen molar-refractivity contribution in [3.05, 3.63) is 96.0 Å². The van der Waals surface area contributed by atoms with E-state index >= 15 is 0 Å². The molecule has 8 heteroatoms. The van der Waals surface area contributed by atoms with Gasteiger partial charge in [-0.15, -0.1) is 0 Å². The Morgan fingerprint density at radius 1 is 1.00 bits per heavy atom. The molecule has 6 nitrogen and oxygen atoms in total. The lowest BCUT2D eigenvalue weighted by atomic mass is 9.98. The van der Waals surface area contributed by atoms with Crippen LogP contribution in [0.2, 0.25) is 0 Å². The molecule has 0 unspecified atom stereocenters. The molecule has 1 aliphatic rings. The number of aryl methyl sites for hydroxylation is 2. The van der Waals surface area contributed by atoms with Crippen LogP contribution in [0.5, 0.6) is 5.75 Å². The zero-order valence-corrected chi connectivity index (χ0v) is 23.8. The molecule has 0 bridgehead atoms. The number of benzene rings is 3. The lowest BCUT2D eigenvalue weighted by Crippen LogP contribution is -2.54. The first kappa shape index (κ1) is 26.1. The van der Waals surface area contributed by atoms with Gasteiger partial charge in [0, 0.05) is 20.0 Å². The first-order valence-corrected chi connectivity index (χ1v) is 13.2. The van der Waals surface area contributed by atoms with E-state index in [9.17, 15) is 14.4 Å². The van der Waals surface area contributed by atoms with E-state index in [1.165, 1.54) is 22.8 Å². The number of anilines is 1. The minimum atomic E-state index is -0.780. The first-order valence-electron chi connectivity index (χ1n) is 11.4. The number of halogens is 2. The van der Waals surface area contributed by atoms with Gasteiger partial charge in [-0.1, -0.05) is 45.3 Å². The monoisotopic (exact) mass is 658 g/mol. The molecule has 1 heterocycles. The molecule has 0 aliphatic carbocycles. The van der Waals surface area contributed by atoms with Crippen LogP contribution in [0.25, 0.3) is 6.08 Å². The second-order valence-corrected chi connectivity index (χ2v) is 10.6. The summed E-state index contributed by atoms with van der Waals surface area (Å²) in [6.45, 7) is 6.54. The molecule has 0 atom stereocenters. The highest BCUT2D eigenvalue weighted by atomic mass is 127. The Kier molecular flexibility index (Phi) is 7.94. The number of nitrogens with one attached hydrogen (secondary N) is 1. The van der Waals surface area contributed by atoms with E-state index < -0.39 is 17.8 Å². The maximum atomic E-state index is 13.2. The highest BCUT2D eigenvalue weighted by Gasteiger charge is 2.36. The molecule has 1 N–H and O–H groups in total. The van der Waals surface area contributed by atoms with Crippen molar-refractivity contribution in [2.45, 2.75) is 27.2 Å². The van der Waals surface area contributed by atoms with E-state index in [4.69, 9.17) is 4.74 Å². The highest BCUT2D eigenvalue weighted by Crippen LogP contribution is 2.31. The highest BCUT2D eigenvalue weighted by molar-refractivity contribution is 14.1. The summed E-state index contributed by atoms with van der Waals surface area (Å²) in [7, 11) is 0. The Bertz CT molecular complexity index is 1380. The molecule has 1 saturated heterocycles. The van der Waals surface area contributed by atoms with Crippen LogP contribution >= 0.6 is 38.5 Å². The molecule has 4 rings (SSSR count). The number of urea groups is 1. The van der Waals surface area contributed by atoms with Gasteiger partial charge in [0.25, 0.3) is 11.8 Å². The molecule has 36 heavy (non-hydrogen) atoms. The maximum absolute atomic E-state index is 13.2. The average molecular weight is 659 g/mol. The molecule has 3 aromatic carbocycles. The number of barbiturate groups is 1. The van der Waals surface area contributed by atoms with E-state index in [0.717, 1.165) is 18.5 Å². The number of carbonyl (C=O) groups excluding carboxylic acids is 3. The van der Waals surface area contributed by atoms with E-state index in [0.29, 0.717) is 30.0 Å². The number of hydrogen-bond acceptors (Lipinski definition) is 4. The zero-order chi connectivity index (χ0) is 26.0. The quantitative estimate of drug-likeness (QED) is 0.191. The van der Waals surface area contributed by atoms with Gasteiger partial charge in [-0.3, -0.25) is 14.9 Å². The Balaban J connectivity index is 1.72. The molecule has 4 amide bonds. The summed E-state index contributed by atoms with van der Waals surface area (Å²) >= 11 is 5.60. The van der Waals surface area contributed by atoms with Crippen LogP contribution < -0.4 is 15.0 Å². The standard InChI is InChI=1S/C28H24BrIN2O4/c1-4-36-25-15-19(14-24(30)22(25)12-18-10-16(2)9-17(3)11-18)13-23-26(33)31-28(35)32(27(23)34)21-7-5-20(29)6-8-21/h5-11,13-15H,4,12H2,1-3H3,(H,31,33,35)/b23-13+. The molecule has 0 radical (unpaired) electrons. The number of imide groups is 2. The lowest BCUT2D eigenvalue weighted by Gasteiger charge is -2.26. The molecule has 0 saturated carbocycles. The van der Waals surface area contributed by atoms with Crippen LogP contribution in [0.15, 0.2) is 64.6 Å². The molecule has 184 valence electrons. The first-order chi connectivity index (χ1) is 17.2. The molecule has 1 fully saturated rings. The fourth-order valence-corrected chi connectivity index (χ4v) is 5.27. The normalized spacial score (nSPS) is 14.9. The molecule has 1 aliphatic heterocycles. The predicted molar refractivity (Wildman–Crippen MR) is 152 cm³/mol. The number of amides is 4. The van der Waals surface area contributed by atoms with Crippen molar-refractivity contribution in [1.29, 1.82) is 0 Å². The topological polar surface area (TPSA) is 75.7 Å². The van der Waals surface area contributed by atoms with Gasteiger partial charge in [-0.25, -0.2) is 9.69 Å². The summed E-state index contributed by atoms with van der Waals surface area (Å²) in [5.74, 6) is -0.719. The lowest BCUT2D eigenvalue weighted by molar-refractivity contribution is -0.122. The molecular weight excluding hydrogens is 635 g/mol. The minimum absolute atomic E-state index is 0.127. The summed E-state index contributed by atoms with van der Waals surface area (Å²) < 4.78 is 7.72. The minimum Gasteiger partial charge on any atom is -0.494 e.